The van der Waals surface area contributed by atoms with Gasteiger partial charge in [0.25, 0.3) is 5.91 Å². The summed E-state index contributed by atoms with van der Waals surface area (Å²) in [5.41, 5.74) is 1.39. The van der Waals surface area contributed by atoms with Crippen molar-refractivity contribution < 1.29 is 4.79 Å². The molecule has 104 valence electrons. The van der Waals surface area contributed by atoms with Gasteiger partial charge in [0, 0.05) is 11.4 Å². The summed E-state index contributed by atoms with van der Waals surface area (Å²) in [7, 11) is 0. The lowest BCUT2D eigenvalue weighted by Crippen LogP contribution is -2.37. The van der Waals surface area contributed by atoms with Crippen molar-refractivity contribution in [3.63, 3.8) is 0 Å². The zero-order valence-corrected chi connectivity index (χ0v) is 11.8. The Bertz CT molecular complexity index is 615. The second kappa shape index (κ2) is 5.61. The Morgan fingerprint density at radius 2 is 1.85 bits per heavy atom. The maximum atomic E-state index is 12.3. The molecule has 1 aromatic heterocycles. The van der Waals surface area contributed by atoms with Gasteiger partial charge >= 0.3 is 0 Å². The maximum absolute atomic E-state index is 12.3. The van der Waals surface area contributed by atoms with Crippen molar-refractivity contribution in [3.8, 4) is 0 Å². The van der Waals surface area contributed by atoms with Crippen LogP contribution in [0.15, 0.2) is 36.4 Å². The van der Waals surface area contributed by atoms with Crippen LogP contribution in [0.25, 0.3) is 10.9 Å². The number of nitrogens with one attached hydrogen (secondary N) is 1. The predicted octanol–water partition coefficient (Wildman–Crippen LogP) is 3.54. The number of carbonyl (C=O) groups excluding carboxylic acids is 1. The van der Waals surface area contributed by atoms with E-state index >= 15 is 0 Å². The minimum absolute atomic E-state index is 0.0460. The van der Waals surface area contributed by atoms with Crippen molar-refractivity contribution in [2.24, 2.45) is 5.92 Å². The molecule has 1 fully saturated rings. The van der Waals surface area contributed by atoms with Crippen molar-refractivity contribution in [1.82, 2.24) is 10.3 Å². The van der Waals surface area contributed by atoms with Gasteiger partial charge in [0.15, 0.2) is 0 Å². The van der Waals surface area contributed by atoms with Crippen molar-refractivity contribution in [2.75, 3.05) is 0 Å². The van der Waals surface area contributed by atoms with Crippen LogP contribution < -0.4 is 5.32 Å². The van der Waals surface area contributed by atoms with Crippen LogP contribution in [-0.2, 0) is 0 Å². The van der Waals surface area contributed by atoms with Gasteiger partial charge in [-0.05, 0) is 43.7 Å². The molecule has 1 aliphatic carbocycles. The van der Waals surface area contributed by atoms with Crippen LogP contribution in [0.1, 0.15) is 43.1 Å². The standard InChI is InChI=1S/C17H20N2O/c1-12-6-9-14(10-7-12)18-17(20)16-11-8-13-4-2-3-5-15(13)19-16/h2-5,8,11-12,14H,6-7,9-10H2,1H3,(H,18,20)/t12-,14-. The second-order valence-corrected chi connectivity index (χ2v) is 5.82. The van der Waals surface area contributed by atoms with Crippen LogP contribution in [0, 0.1) is 5.92 Å². The van der Waals surface area contributed by atoms with E-state index in [1.54, 1.807) is 0 Å². The molecule has 1 N–H and O–H groups in total. The van der Waals surface area contributed by atoms with E-state index < -0.39 is 0 Å². The second-order valence-electron chi connectivity index (χ2n) is 5.82. The lowest BCUT2D eigenvalue weighted by atomic mass is 9.87. The Labute approximate surface area is 119 Å². The van der Waals surface area contributed by atoms with Gasteiger partial charge in [-0.25, -0.2) is 4.98 Å². The third-order valence-electron chi connectivity index (χ3n) is 4.18. The van der Waals surface area contributed by atoms with Gasteiger partial charge in [-0.1, -0.05) is 31.2 Å². The van der Waals surface area contributed by atoms with Crippen molar-refractivity contribution >= 4 is 16.8 Å². The fourth-order valence-corrected chi connectivity index (χ4v) is 2.86. The monoisotopic (exact) mass is 268 g/mol. The molecule has 0 bridgehead atoms. The number of rotatable bonds is 2. The number of aromatic nitrogens is 1. The predicted molar refractivity (Wildman–Crippen MR) is 80.6 cm³/mol. The minimum atomic E-state index is -0.0460. The zero-order valence-electron chi connectivity index (χ0n) is 11.8. The molecule has 0 radical (unpaired) electrons. The average Bonchev–Trinajstić information content (AvgIpc) is 2.49. The topological polar surface area (TPSA) is 42.0 Å². The van der Waals surface area contributed by atoms with Gasteiger partial charge in [-0.15, -0.1) is 0 Å². The van der Waals surface area contributed by atoms with E-state index in [9.17, 15) is 4.79 Å². The largest absolute Gasteiger partial charge is 0.348 e. The summed E-state index contributed by atoms with van der Waals surface area (Å²) >= 11 is 0. The first-order valence-corrected chi connectivity index (χ1v) is 7.39. The van der Waals surface area contributed by atoms with Crippen molar-refractivity contribution in [2.45, 2.75) is 38.6 Å². The molecule has 3 rings (SSSR count). The summed E-state index contributed by atoms with van der Waals surface area (Å²) in [6.45, 7) is 2.28. The first-order chi connectivity index (χ1) is 9.72. The molecular formula is C17H20N2O. The highest BCUT2D eigenvalue weighted by Gasteiger charge is 2.20. The Morgan fingerprint density at radius 1 is 1.10 bits per heavy atom. The number of amides is 1. The summed E-state index contributed by atoms with van der Waals surface area (Å²) in [4.78, 5) is 16.7. The first-order valence-electron chi connectivity index (χ1n) is 7.39. The lowest BCUT2D eigenvalue weighted by molar-refractivity contribution is 0.0918. The summed E-state index contributed by atoms with van der Waals surface area (Å²) < 4.78 is 0. The van der Waals surface area contributed by atoms with Gasteiger partial charge in [-0.3, -0.25) is 4.79 Å². The minimum Gasteiger partial charge on any atom is -0.348 e. The molecule has 2 aromatic rings. The SMILES string of the molecule is C[C@H]1CC[C@H](NC(=O)c2ccc3ccccc3n2)CC1. The summed E-state index contributed by atoms with van der Waals surface area (Å²) in [5.74, 6) is 0.747. The van der Waals surface area contributed by atoms with E-state index in [0.717, 1.165) is 29.7 Å². The lowest BCUT2D eigenvalue weighted by Gasteiger charge is -2.26. The number of hydrogen-bond donors (Lipinski definition) is 1. The third kappa shape index (κ3) is 2.82. The van der Waals surface area contributed by atoms with Crippen LogP contribution in [0.2, 0.25) is 0 Å². The first kappa shape index (κ1) is 13.1. The zero-order chi connectivity index (χ0) is 13.9. The highest BCUT2D eigenvalue weighted by atomic mass is 16.1. The molecule has 1 aliphatic rings. The molecular weight excluding hydrogens is 248 g/mol. The van der Waals surface area contributed by atoms with Crippen LogP contribution >= 0.6 is 0 Å². The van der Waals surface area contributed by atoms with Gasteiger partial charge in [0.05, 0.1) is 5.52 Å². The highest BCUT2D eigenvalue weighted by Crippen LogP contribution is 2.23. The smallest absolute Gasteiger partial charge is 0.270 e. The molecule has 1 heterocycles. The fourth-order valence-electron chi connectivity index (χ4n) is 2.86. The number of fused-ring (bicyclic) bond motifs is 1. The Balaban J connectivity index is 1.72. The molecule has 0 saturated heterocycles. The van der Waals surface area contributed by atoms with E-state index in [1.807, 2.05) is 36.4 Å². The molecule has 0 unspecified atom stereocenters. The van der Waals surface area contributed by atoms with Crippen LogP contribution in [0.3, 0.4) is 0 Å². The van der Waals surface area contributed by atoms with Crippen molar-refractivity contribution in [3.05, 3.63) is 42.1 Å². The number of para-hydroxylation sites is 1. The van der Waals surface area contributed by atoms with E-state index in [2.05, 4.69) is 17.2 Å². The Kier molecular flexibility index (Phi) is 3.68. The number of benzene rings is 1. The van der Waals surface area contributed by atoms with E-state index in [1.165, 1.54) is 12.8 Å². The number of hydrogen-bond acceptors (Lipinski definition) is 2. The van der Waals surface area contributed by atoms with Gasteiger partial charge in [0.1, 0.15) is 5.69 Å². The normalized spacial score (nSPS) is 22.6. The van der Waals surface area contributed by atoms with Crippen LogP contribution in [0.4, 0.5) is 0 Å². The quantitative estimate of drug-likeness (QED) is 0.905. The van der Waals surface area contributed by atoms with E-state index in [4.69, 9.17) is 0 Å². The molecule has 20 heavy (non-hydrogen) atoms. The molecule has 3 heteroatoms. The molecule has 0 spiro atoms. The fraction of sp³-hybridized carbons (Fsp3) is 0.412. The Morgan fingerprint density at radius 3 is 2.65 bits per heavy atom. The number of pyridine rings is 1. The molecule has 1 amide bonds. The Hall–Kier alpha value is -1.90. The van der Waals surface area contributed by atoms with Gasteiger partial charge in [-0.2, -0.15) is 0 Å². The third-order valence-corrected chi connectivity index (χ3v) is 4.18. The van der Waals surface area contributed by atoms with Crippen LogP contribution in [0.5, 0.6) is 0 Å². The molecule has 1 saturated carbocycles. The van der Waals surface area contributed by atoms with E-state index in [-0.39, 0.29) is 5.91 Å². The maximum Gasteiger partial charge on any atom is 0.270 e. The molecule has 1 aromatic carbocycles. The summed E-state index contributed by atoms with van der Waals surface area (Å²) in [6, 6.07) is 11.9. The summed E-state index contributed by atoms with van der Waals surface area (Å²) in [6.07, 6.45) is 4.58. The molecule has 3 nitrogen and oxygen atoms in total. The van der Waals surface area contributed by atoms with Gasteiger partial charge in [0.2, 0.25) is 0 Å². The highest BCUT2D eigenvalue weighted by molar-refractivity contribution is 5.95. The van der Waals surface area contributed by atoms with Gasteiger partial charge < -0.3 is 5.32 Å². The number of carbonyl (C=O) groups is 1. The van der Waals surface area contributed by atoms with Crippen molar-refractivity contribution in [1.29, 1.82) is 0 Å². The molecule has 0 atom stereocenters. The molecule has 0 aliphatic heterocycles. The van der Waals surface area contributed by atoms with E-state index in [0.29, 0.717) is 11.7 Å². The number of nitrogens with zero attached hydrogens (tertiary/aromatic N) is 1. The summed E-state index contributed by atoms with van der Waals surface area (Å²) in [5, 5.41) is 4.18. The van der Waals surface area contributed by atoms with Crippen LogP contribution in [-0.4, -0.2) is 16.9 Å². The average molecular weight is 268 g/mol.